The Kier molecular flexibility index (Phi) is 9.23. The van der Waals surface area contributed by atoms with Gasteiger partial charge in [0, 0.05) is 35.0 Å². The van der Waals surface area contributed by atoms with Gasteiger partial charge >= 0.3 is 6.03 Å². The van der Waals surface area contributed by atoms with Crippen LogP contribution >= 0.6 is 11.6 Å². The molecule has 1 aliphatic rings. The van der Waals surface area contributed by atoms with Gasteiger partial charge in [-0.2, -0.15) is 8.42 Å². The first-order valence-electron chi connectivity index (χ1n) is 13.9. The molecule has 3 N–H and O–H groups in total. The van der Waals surface area contributed by atoms with Gasteiger partial charge in [0.05, 0.1) is 5.69 Å². The number of hydrogen-bond acceptors (Lipinski definition) is 6. The second kappa shape index (κ2) is 12.8. The van der Waals surface area contributed by atoms with Crippen molar-refractivity contribution in [2.24, 2.45) is 0 Å². The smallest absolute Gasteiger partial charge is 0.322 e. The summed E-state index contributed by atoms with van der Waals surface area (Å²) in [4.78, 5) is 27.9. The maximum Gasteiger partial charge on any atom is 0.322 e. The van der Waals surface area contributed by atoms with E-state index in [0.29, 0.717) is 21.7 Å². The number of hydrogen-bond donors (Lipinski definition) is 3. The Hall–Kier alpha value is -4.30. The monoisotopic (exact) mass is 685 g/mol. The van der Waals surface area contributed by atoms with Crippen molar-refractivity contribution >= 4 is 54.9 Å². The molecule has 0 radical (unpaired) electrons. The Morgan fingerprint density at radius 3 is 2.13 bits per heavy atom. The average molecular weight is 686 g/mol. The van der Waals surface area contributed by atoms with E-state index in [9.17, 15) is 31.0 Å². The number of nitrogens with one attached hydrogen (secondary N) is 2. The number of carbonyl (C=O) groups excluding carboxylic acids is 2. The molecule has 5 rings (SSSR count). The number of benzene rings is 4. The van der Waals surface area contributed by atoms with Gasteiger partial charge in [-0.25, -0.2) is 17.6 Å². The van der Waals surface area contributed by atoms with Crippen LogP contribution in [-0.4, -0.2) is 62.3 Å². The molecule has 1 aliphatic heterocycles. The fourth-order valence-corrected chi connectivity index (χ4v) is 8.16. The minimum absolute atomic E-state index is 0.0545. The predicted molar refractivity (Wildman–Crippen MR) is 174 cm³/mol. The van der Waals surface area contributed by atoms with Crippen LogP contribution in [0.4, 0.5) is 20.6 Å². The summed E-state index contributed by atoms with van der Waals surface area (Å²) >= 11 is 5.95. The van der Waals surface area contributed by atoms with E-state index in [1.165, 1.54) is 30.3 Å². The van der Waals surface area contributed by atoms with E-state index in [1.54, 1.807) is 61.5 Å². The number of anilines is 2. The van der Waals surface area contributed by atoms with Gasteiger partial charge in [0.15, 0.2) is 15.7 Å². The Labute approximate surface area is 270 Å². The Morgan fingerprint density at radius 2 is 1.52 bits per heavy atom. The van der Waals surface area contributed by atoms with Crippen molar-refractivity contribution in [1.29, 1.82) is 0 Å². The zero-order valence-electron chi connectivity index (χ0n) is 24.5. The van der Waals surface area contributed by atoms with E-state index in [2.05, 4.69) is 10.6 Å². The van der Waals surface area contributed by atoms with Gasteiger partial charge in [-0.1, -0.05) is 72.3 Å². The molecule has 1 saturated heterocycles. The van der Waals surface area contributed by atoms with Gasteiger partial charge in [0.25, 0.3) is 10.1 Å². The lowest BCUT2D eigenvalue weighted by molar-refractivity contribution is -0.119. The molecule has 0 aliphatic carbocycles. The van der Waals surface area contributed by atoms with Crippen LogP contribution in [-0.2, 0) is 24.7 Å². The summed E-state index contributed by atoms with van der Waals surface area (Å²) in [6, 6.07) is 20.7. The molecule has 0 aromatic heterocycles. The van der Waals surface area contributed by atoms with Gasteiger partial charge in [-0.05, 0) is 53.9 Å². The largest absolute Gasteiger partial charge is 0.322 e. The number of carbonyl (C=O) groups is 2. The number of urea groups is 1. The number of likely N-dealkylation sites (tertiary alicyclic amines) is 1. The second-order valence-electron chi connectivity index (χ2n) is 10.9. The van der Waals surface area contributed by atoms with Gasteiger partial charge < -0.3 is 15.5 Å². The van der Waals surface area contributed by atoms with Crippen LogP contribution in [0, 0.1) is 12.7 Å². The summed E-state index contributed by atoms with van der Waals surface area (Å²) in [5.41, 5.74) is 1.32. The molecule has 0 spiro atoms. The molecule has 3 amide bonds. The molecule has 4 aromatic carbocycles. The van der Waals surface area contributed by atoms with Crippen molar-refractivity contribution in [3.8, 4) is 11.1 Å². The van der Waals surface area contributed by atoms with Crippen LogP contribution in [0.25, 0.3) is 11.1 Å². The zero-order chi connectivity index (χ0) is 33.4. The van der Waals surface area contributed by atoms with Crippen molar-refractivity contribution in [1.82, 2.24) is 4.90 Å². The Bertz CT molecular complexity index is 2030. The summed E-state index contributed by atoms with van der Waals surface area (Å²) in [5, 5.41) is 3.44. The predicted octanol–water partition coefficient (Wildman–Crippen LogP) is 5.75. The Balaban J connectivity index is 1.59. The molecule has 240 valence electrons. The van der Waals surface area contributed by atoms with Crippen LogP contribution in [0.3, 0.4) is 0 Å². The first kappa shape index (κ1) is 33.1. The molecule has 1 heterocycles. The molecule has 4 aromatic rings. The van der Waals surface area contributed by atoms with Crippen molar-refractivity contribution < 1.29 is 35.4 Å². The van der Waals surface area contributed by atoms with Crippen molar-refractivity contribution in [3.05, 3.63) is 113 Å². The summed E-state index contributed by atoms with van der Waals surface area (Å²) in [6.07, 6.45) is 0.824. The summed E-state index contributed by atoms with van der Waals surface area (Å²) in [6.45, 7) is 1.41. The summed E-state index contributed by atoms with van der Waals surface area (Å²) in [7, 11) is -9.20. The normalized spacial score (nSPS) is 18.3. The van der Waals surface area contributed by atoms with Crippen LogP contribution in [0.2, 0.25) is 5.02 Å². The van der Waals surface area contributed by atoms with Crippen molar-refractivity contribution in [3.63, 3.8) is 0 Å². The third-order valence-corrected chi connectivity index (χ3v) is 10.5. The molecule has 0 saturated carbocycles. The van der Waals surface area contributed by atoms with Crippen molar-refractivity contribution in [2.75, 3.05) is 23.4 Å². The summed E-state index contributed by atoms with van der Waals surface area (Å²) < 4.78 is 77.9. The topological polar surface area (TPSA) is 150 Å². The Morgan fingerprint density at radius 1 is 0.891 bits per heavy atom. The van der Waals surface area contributed by atoms with Gasteiger partial charge in [0.2, 0.25) is 5.91 Å². The molecule has 14 heteroatoms. The maximum absolute atomic E-state index is 16.0. The lowest BCUT2D eigenvalue weighted by Gasteiger charge is -2.27. The van der Waals surface area contributed by atoms with Crippen LogP contribution in [0.1, 0.15) is 17.0 Å². The number of sulfone groups is 1. The third-order valence-electron chi connectivity index (χ3n) is 7.80. The minimum atomic E-state index is -5.02. The minimum Gasteiger partial charge on any atom is -0.322 e. The van der Waals surface area contributed by atoms with Gasteiger partial charge in [-0.3, -0.25) is 9.35 Å². The van der Waals surface area contributed by atoms with E-state index < -0.39 is 65.5 Å². The molecular formula is C32H29ClFN3O7S2. The average Bonchev–Trinajstić information content (AvgIpc) is 3.41. The number of nitrogens with zero attached hydrogens (tertiary/aromatic N) is 1. The van der Waals surface area contributed by atoms with Crippen molar-refractivity contribution in [2.45, 2.75) is 29.0 Å². The number of aryl methyl sites for hydroxylation is 1. The summed E-state index contributed by atoms with van der Waals surface area (Å²) in [5.74, 6) is -3.48. The van der Waals surface area contributed by atoms with E-state index in [1.807, 2.05) is 0 Å². The molecule has 0 bridgehead atoms. The third kappa shape index (κ3) is 6.77. The van der Waals surface area contributed by atoms with E-state index in [-0.39, 0.29) is 17.8 Å². The SMILES string of the molecule is Cc1ccccc1[C@@H]1CN(C(=O)Nc2ccc(Cl)cc2)[C@H](C(=O)Nc2ccc(-c3ccccc3)c(S(C)(=O)=O)c2F)[C@@H]1S(=O)(=O)O. The fraction of sp³-hybridized carbons (Fsp3) is 0.188. The first-order chi connectivity index (χ1) is 21.7. The van der Waals surface area contributed by atoms with Gasteiger partial charge in [-0.15, -0.1) is 0 Å². The van der Waals surface area contributed by atoms with E-state index >= 15 is 4.39 Å². The molecule has 10 nitrogen and oxygen atoms in total. The van der Waals surface area contributed by atoms with Crippen LogP contribution < -0.4 is 10.6 Å². The molecular weight excluding hydrogens is 657 g/mol. The second-order valence-corrected chi connectivity index (χ2v) is 14.9. The fourth-order valence-electron chi connectivity index (χ4n) is 5.77. The highest BCUT2D eigenvalue weighted by Crippen LogP contribution is 2.40. The quantitative estimate of drug-likeness (QED) is 0.210. The highest BCUT2D eigenvalue weighted by molar-refractivity contribution is 7.90. The lowest BCUT2D eigenvalue weighted by Crippen LogP contribution is -2.51. The molecule has 0 unspecified atom stereocenters. The highest BCUT2D eigenvalue weighted by Gasteiger charge is 2.54. The highest BCUT2D eigenvalue weighted by atomic mass is 35.5. The number of amides is 3. The maximum atomic E-state index is 16.0. The van der Waals surface area contributed by atoms with Crippen LogP contribution in [0.15, 0.2) is 95.9 Å². The molecule has 1 fully saturated rings. The van der Waals surface area contributed by atoms with E-state index in [4.69, 9.17) is 11.6 Å². The number of rotatable bonds is 7. The van der Waals surface area contributed by atoms with Crippen LogP contribution in [0.5, 0.6) is 0 Å². The van der Waals surface area contributed by atoms with Gasteiger partial charge in [0.1, 0.15) is 16.2 Å². The number of halogens is 2. The first-order valence-corrected chi connectivity index (χ1v) is 17.7. The molecule has 3 atom stereocenters. The zero-order valence-corrected chi connectivity index (χ0v) is 26.9. The lowest BCUT2D eigenvalue weighted by atomic mass is 9.92. The molecule has 46 heavy (non-hydrogen) atoms. The standard InChI is InChI=1S/C32H29ClFN3O7S2/c1-19-8-6-7-11-23(19)25-18-37(32(39)35-22-14-12-21(33)13-15-22)28(30(25)46(42,43)44)31(38)36-26-17-16-24(20-9-4-3-5-10-20)29(27(26)34)45(2,40)41/h3-17,25,28,30H,18H2,1-2H3,(H,35,39)(H,36,38)(H,42,43,44)/t25-,28-,30+/m0/s1. The van der Waals surface area contributed by atoms with E-state index in [0.717, 1.165) is 17.2 Å².